The Morgan fingerprint density at radius 3 is 2.48 bits per heavy atom. The number of likely N-dealkylation sites (tertiary alicyclic amines) is 2. The number of carboxylic acid groups (broad SMARTS) is 2. The van der Waals surface area contributed by atoms with E-state index >= 15 is 0 Å². The van der Waals surface area contributed by atoms with E-state index in [2.05, 4.69) is 9.88 Å². The number of rotatable bonds is 5. The molecular formula is C18H23N3O6. The van der Waals surface area contributed by atoms with E-state index < -0.39 is 18.0 Å². The van der Waals surface area contributed by atoms with Gasteiger partial charge in [-0.2, -0.15) is 0 Å². The number of amides is 1. The van der Waals surface area contributed by atoms with Crippen molar-refractivity contribution < 1.29 is 29.0 Å². The molecule has 1 atom stereocenters. The van der Waals surface area contributed by atoms with Gasteiger partial charge in [-0.15, -0.1) is 0 Å². The molecule has 146 valence electrons. The molecule has 1 amide bonds. The highest BCUT2D eigenvalue weighted by Crippen LogP contribution is 2.45. The van der Waals surface area contributed by atoms with Crippen molar-refractivity contribution in [3.8, 4) is 0 Å². The van der Waals surface area contributed by atoms with Gasteiger partial charge in [-0.1, -0.05) is 0 Å². The molecule has 1 saturated carbocycles. The van der Waals surface area contributed by atoms with Gasteiger partial charge in [-0.05, 0) is 50.6 Å². The Morgan fingerprint density at radius 1 is 1.22 bits per heavy atom. The van der Waals surface area contributed by atoms with Crippen molar-refractivity contribution in [3.63, 3.8) is 0 Å². The summed E-state index contributed by atoms with van der Waals surface area (Å²) in [6, 6.07) is -0.713. The van der Waals surface area contributed by atoms with E-state index in [0.29, 0.717) is 25.4 Å². The first-order valence-electron chi connectivity index (χ1n) is 9.30. The van der Waals surface area contributed by atoms with E-state index in [1.54, 1.807) is 4.90 Å². The molecule has 9 heteroatoms. The van der Waals surface area contributed by atoms with Crippen LogP contribution in [-0.4, -0.2) is 68.5 Å². The number of carbonyl (C=O) groups is 3. The molecule has 3 aliphatic rings. The van der Waals surface area contributed by atoms with Crippen LogP contribution in [0.25, 0.3) is 0 Å². The number of carbonyl (C=O) groups excluding carboxylic acids is 1. The van der Waals surface area contributed by atoms with Gasteiger partial charge in [0, 0.05) is 12.5 Å². The lowest BCUT2D eigenvalue weighted by Gasteiger charge is -2.38. The lowest BCUT2D eigenvalue weighted by Crippen LogP contribution is -2.43. The molecule has 1 aromatic heterocycles. The van der Waals surface area contributed by atoms with Crippen molar-refractivity contribution >= 4 is 17.8 Å². The summed E-state index contributed by atoms with van der Waals surface area (Å²) < 4.78 is 5.21. The summed E-state index contributed by atoms with van der Waals surface area (Å²) in [5.41, 5.74) is -0.250. The third-order valence-corrected chi connectivity index (χ3v) is 6.05. The summed E-state index contributed by atoms with van der Waals surface area (Å²) in [6.07, 6.45) is 5.00. The van der Waals surface area contributed by atoms with Crippen LogP contribution >= 0.6 is 0 Å². The van der Waals surface area contributed by atoms with Gasteiger partial charge in [-0.25, -0.2) is 14.6 Å². The highest BCUT2D eigenvalue weighted by Gasteiger charge is 2.51. The Balaban J connectivity index is 1.38. The third kappa shape index (κ3) is 3.55. The summed E-state index contributed by atoms with van der Waals surface area (Å²) in [5.74, 6) is -1.64. The summed E-state index contributed by atoms with van der Waals surface area (Å²) in [7, 11) is 0. The second-order valence-electron chi connectivity index (χ2n) is 8.01. The number of aromatic nitrogens is 1. The lowest BCUT2D eigenvalue weighted by molar-refractivity contribution is -0.148. The third-order valence-electron chi connectivity index (χ3n) is 6.05. The molecule has 0 aromatic carbocycles. The zero-order valence-electron chi connectivity index (χ0n) is 15.0. The van der Waals surface area contributed by atoms with Crippen molar-refractivity contribution in [1.29, 1.82) is 0 Å². The Morgan fingerprint density at radius 2 is 1.93 bits per heavy atom. The average Bonchev–Trinajstić information content (AvgIpc) is 3.26. The van der Waals surface area contributed by atoms with E-state index in [9.17, 15) is 19.5 Å². The van der Waals surface area contributed by atoms with E-state index in [1.165, 1.54) is 0 Å². The quantitative estimate of drug-likeness (QED) is 0.780. The predicted octanol–water partition coefficient (Wildman–Crippen LogP) is 1.05. The van der Waals surface area contributed by atoms with Crippen LogP contribution in [0.5, 0.6) is 0 Å². The van der Waals surface area contributed by atoms with Gasteiger partial charge in [0.15, 0.2) is 5.69 Å². The first-order chi connectivity index (χ1) is 12.9. The fourth-order valence-corrected chi connectivity index (χ4v) is 4.29. The fourth-order valence-electron chi connectivity index (χ4n) is 4.29. The number of nitrogens with zero attached hydrogens (tertiary/aromatic N) is 3. The molecule has 2 aliphatic heterocycles. The van der Waals surface area contributed by atoms with Crippen LogP contribution < -0.4 is 0 Å². The Hall–Kier alpha value is -2.42. The Kier molecular flexibility index (Phi) is 4.41. The normalized spacial score (nSPS) is 25.0. The first kappa shape index (κ1) is 18.0. The molecule has 0 unspecified atom stereocenters. The molecule has 9 nitrogen and oxygen atoms in total. The maximum absolute atomic E-state index is 12.5. The molecule has 2 N–H and O–H groups in total. The van der Waals surface area contributed by atoms with Crippen molar-refractivity contribution in [1.82, 2.24) is 14.8 Å². The Labute approximate surface area is 155 Å². The minimum absolute atomic E-state index is 0.00249. The predicted molar refractivity (Wildman–Crippen MR) is 90.9 cm³/mol. The van der Waals surface area contributed by atoms with Crippen LogP contribution in [0.4, 0.5) is 0 Å². The first-order valence-corrected chi connectivity index (χ1v) is 9.30. The van der Waals surface area contributed by atoms with Crippen LogP contribution in [0.3, 0.4) is 0 Å². The molecule has 3 fully saturated rings. The van der Waals surface area contributed by atoms with Gasteiger partial charge in [0.2, 0.25) is 11.8 Å². The maximum atomic E-state index is 12.5. The zero-order valence-corrected chi connectivity index (χ0v) is 15.0. The molecule has 2 saturated heterocycles. The second-order valence-corrected chi connectivity index (χ2v) is 8.01. The molecule has 1 aromatic rings. The molecule has 27 heavy (non-hydrogen) atoms. The minimum Gasteiger partial charge on any atom is -0.480 e. The molecule has 1 aliphatic carbocycles. The maximum Gasteiger partial charge on any atom is 0.357 e. The van der Waals surface area contributed by atoms with Crippen LogP contribution in [0, 0.1) is 11.3 Å². The number of piperidine rings is 1. The molecular weight excluding hydrogens is 354 g/mol. The number of aromatic carboxylic acids is 1. The zero-order chi connectivity index (χ0) is 19.2. The average molecular weight is 377 g/mol. The van der Waals surface area contributed by atoms with Crippen molar-refractivity contribution in [2.45, 2.75) is 44.7 Å². The van der Waals surface area contributed by atoms with Crippen molar-refractivity contribution in [3.05, 3.63) is 17.8 Å². The Bertz CT molecular complexity index is 763. The summed E-state index contributed by atoms with van der Waals surface area (Å²) in [6.45, 7) is 2.43. The minimum atomic E-state index is -1.12. The van der Waals surface area contributed by atoms with Gasteiger partial charge in [-0.3, -0.25) is 9.69 Å². The van der Waals surface area contributed by atoms with Crippen molar-refractivity contribution in [2.75, 3.05) is 19.6 Å². The van der Waals surface area contributed by atoms with Crippen LogP contribution in [0.1, 0.15) is 48.5 Å². The second kappa shape index (κ2) is 6.63. The molecule has 1 spiro atoms. The van der Waals surface area contributed by atoms with E-state index in [4.69, 9.17) is 9.52 Å². The highest BCUT2D eigenvalue weighted by atomic mass is 16.4. The van der Waals surface area contributed by atoms with Gasteiger partial charge in [0.1, 0.15) is 12.3 Å². The van der Waals surface area contributed by atoms with Gasteiger partial charge >= 0.3 is 11.9 Å². The highest BCUT2D eigenvalue weighted by molar-refractivity contribution is 5.87. The van der Waals surface area contributed by atoms with Crippen molar-refractivity contribution in [2.24, 2.45) is 11.3 Å². The topological polar surface area (TPSA) is 124 Å². The SMILES string of the molecule is O=C(O)c1coc(CN2CCC3(CC2)C[C@H](C(=O)O)N(C(=O)C2CC2)C3)n1. The monoisotopic (exact) mass is 377 g/mol. The number of hydrogen-bond donors (Lipinski definition) is 2. The summed E-state index contributed by atoms with van der Waals surface area (Å²) >= 11 is 0. The van der Waals surface area contributed by atoms with Gasteiger partial charge in [0.05, 0.1) is 6.54 Å². The number of oxazole rings is 1. The molecule has 4 rings (SSSR count). The van der Waals surface area contributed by atoms with E-state index in [-0.39, 0.29) is 22.9 Å². The molecule has 0 radical (unpaired) electrons. The standard InChI is InChI=1S/C18H23N3O6/c22-15(11-1-2-11)21-10-18(7-13(21)17(25)26)3-5-20(6-4-18)8-14-19-12(9-27-14)16(23)24/h9,11,13H,1-8,10H2,(H,23,24)(H,25,26)/t13-/m1/s1. The molecule has 0 bridgehead atoms. The van der Waals surface area contributed by atoms with Crippen LogP contribution in [-0.2, 0) is 16.1 Å². The summed E-state index contributed by atoms with van der Waals surface area (Å²) in [5, 5.41) is 18.5. The van der Waals surface area contributed by atoms with Crippen LogP contribution in [0.15, 0.2) is 10.7 Å². The number of carboxylic acids is 2. The number of aliphatic carboxylic acids is 1. The number of hydrogen-bond acceptors (Lipinski definition) is 6. The smallest absolute Gasteiger partial charge is 0.357 e. The summed E-state index contributed by atoms with van der Waals surface area (Å²) in [4.78, 5) is 42.7. The lowest BCUT2D eigenvalue weighted by atomic mass is 9.76. The van der Waals surface area contributed by atoms with Crippen LogP contribution in [0.2, 0.25) is 0 Å². The molecule has 3 heterocycles. The van der Waals surface area contributed by atoms with E-state index in [1.807, 2.05) is 0 Å². The van der Waals surface area contributed by atoms with Gasteiger partial charge < -0.3 is 19.5 Å². The fraction of sp³-hybridized carbons (Fsp3) is 0.667. The van der Waals surface area contributed by atoms with Gasteiger partial charge in [0.25, 0.3) is 0 Å². The largest absolute Gasteiger partial charge is 0.480 e. The van der Waals surface area contributed by atoms with E-state index in [0.717, 1.165) is 45.0 Å².